The van der Waals surface area contributed by atoms with Crippen molar-refractivity contribution in [1.29, 1.82) is 0 Å². The van der Waals surface area contributed by atoms with E-state index in [1.165, 1.54) is 6.42 Å². The van der Waals surface area contributed by atoms with Crippen molar-refractivity contribution in [3.8, 4) is 0 Å². The van der Waals surface area contributed by atoms with Crippen molar-refractivity contribution in [3.05, 3.63) is 30.3 Å². The van der Waals surface area contributed by atoms with Gasteiger partial charge in [0.25, 0.3) is 0 Å². The molecule has 0 aromatic heterocycles. The highest BCUT2D eigenvalue weighted by Crippen LogP contribution is 2.08. The Labute approximate surface area is 107 Å². The molecule has 1 aromatic rings. The number of benzene rings is 1. The van der Waals surface area contributed by atoms with Gasteiger partial charge in [0.15, 0.2) is 0 Å². The summed E-state index contributed by atoms with van der Waals surface area (Å²) in [5.74, 6) is 0.766. The Bertz CT molecular complexity index is 326. The Morgan fingerprint density at radius 1 is 1.29 bits per heavy atom. The zero-order chi connectivity index (χ0) is 12.5. The van der Waals surface area contributed by atoms with Gasteiger partial charge < -0.3 is 5.32 Å². The van der Waals surface area contributed by atoms with Crippen LogP contribution in [0.1, 0.15) is 33.1 Å². The second kappa shape index (κ2) is 8.43. The maximum atomic E-state index is 11.9. The molecule has 1 aromatic carbocycles. The molecule has 2 atom stereocenters. The van der Waals surface area contributed by atoms with E-state index in [1.54, 1.807) is 0 Å². The van der Waals surface area contributed by atoms with E-state index in [-0.39, 0.29) is 0 Å². The third kappa shape index (κ3) is 5.99. The summed E-state index contributed by atoms with van der Waals surface area (Å²) in [6.07, 6.45) is 3.28. The van der Waals surface area contributed by atoms with Crippen LogP contribution in [-0.2, 0) is 10.8 Å². The molecule has 0 heterocycles. The van der Waals surface area contributed by atoms with Crippen LogP contribution in [0.2, 0.25) is 0 Å². The van der Waals surface area contributed by atoms with Crippen molar-refractivity contribution >= 4 is 10.8 Å². The third-order valence-corrected chi connectivity index (χ3v) is 4.17. The van der Waals surface area contributed by atoms with Crippen LogP contribution in [-0.4, -0.2) is 22.5 Å². The molecule has 0 spiro atoms. The van der Waals surface area contributed by atoms with Crippen LogP contribution in [0.5, 0.6) is 0 Å². The Kier molecular flexibility index (Phi) is 7.13. The minimum Gasteiger partial charge on any atom is -0.314 e. The van der Waals surface area contributed by atoms with Gasteiger partial charge in [-0.1, -0.05) is 25.1 Å². The molecule has 2 unspecified atom stereocenters. The molecule has 96 valence electrons. The van der Waals surface area contributed by atoms with Crippen molar-refractivity contribution in [1.82, 2.24) is 5.32 Å². The van der Waals surface area contributed by atoms with Gasteiger partial charge in [-0.3, -0.25) is 4.21 Å². The maximum Gasteiger partial charge on any atom is 0.0529 e. The molecule has 0 bridgehead atoms. The summed E-state index contributed by atoms with van der Waals surface area (Å²) >= 11 is 0. The molecule has 17 heavy (non-hydrogen) atoms. The normalized spacial score (nSPS) is 14.5. The molecule has 3 heteroatoms. The van der Waals surface area contributed by atoms with E-state index in [2.05, 4.69) is 19.2 Å². The Morgan fingerprint density at radius 2 is 2.00 bits per heavy atom. The first-order valence-electron chi connectivity index (χ1n) is 6.41. The quantitative estimate of drug-likeness (QED) is 0.772. The first-order valence-corrected chi connectivity index (χ1v) is 7.72. The molecule has 0 fully saturated rings. The zero-order valence-electron chi connectivity index (χ0n) is 10.8. The minimum atomic E-state index is -0.833. The number of nitrogens with one attached hydrogen (secondary N) is 1. The molecule has 0 aliphatic carbocycles. The highest BCUT2D eigenvalue weighted by atomic mass is 32.2. The van der Waals surface area contributed by atoms with E-state index in [0.29, 0.717) is 6.04 Å². The van der Waals surface area contributed by atoms with E-state index in [4.69, 9.17) is 0 Å². The van der Waals surface area contributed by atoms with Crippen LogP contribution in [0, 0.1) is 0 Å². The summed E-state index contributed by atoms with van der Waals surface area (Å²) in [5.41, 5.74) is 0. The van der Waals surface area contributed by atoms with Crippen LogP contribution in [0.25, 0.3) is 0 Å². The third-order valence-electron chi connectivity index (χ3n) is 2.72. The highest BCUT2D eigenvalue weighted by molar-refractivity contribution is 7.85. The van der Waals surface area contributed by atoms with E-state index < -0.39 is 10.8 Å². The van der Waals surface area contributed by atoms with Gasteiger partial charge in [-0.05, 0) is 44.9 Å². The van der Waals surface area contributed by atoms with Crippen LogP contribution in [0.15, 0.2) is 35.2 Å². The highest BCUT2D eigenvalue weighted by Gasteiger charge is 2.05. The number of hydrogen-bond donors (Lipinski definition) is 1. The largest absolute Gasteiger partial charge is 0.314 e. The molecule has 0 aliphatic heterocycles. The lowest BCUT2D eigenvalue weighted by atomic mass is 10.2. The van der Waals surface area contributed by atoms with Crippen molar-refractivity contribution in [2.24, 2.45) is 0 Å². The second-order valence-electron chi connectivity index (χ2n) is 4.36. The molecular formula is C14H23NOS. The molecule has 2 nitrogen and oxygen atoms in total. The average molecular weight is 253 g/mol. The average Bonchev–Trinajstić information content (AvgIpc) is 2.37. The summed E-state index contributed by atoms with van der Waals surface area (Å²) in [6.45, 7) is 5.44. The van der Waals surface area contributed by atoms with Gasteiger partial charge in [-0.15, -0.1) is 0 Å². The van der Waals surface area contributed by atoms with Gasteiger partial charge in [0, 0.05) is 16.7 Å². The van der Waals surface area contributed by atoms with Gasteiger partial charge in [0.05, 0.1) is 10.8 Å². The van der Waals surface area contributed by atoms with Gasteiger partial charge >= 0.3 is 0 Å². The minimum absolute atomic E-state index is 0.530. The monoisotopic (exact) mass is 253 g/mol. The fourth-order valence-electron chi connectivity index (χ4n) is 1.70. The van der Waals surface area contributed by atoms with Gasteiger partial charge in [-0.25, -0.2) is 0 Å². The van der Waals surface area contributed by atoms with E-state index in [0.717, 1.165) is 30.0 Å². The van der Waals surface area contributed by atoms with Crippen molar-refractivity contribution in [2.45, 2.75) is 44.0 Å². The van der Waals surface area contributed by atoms with Crippen LogP contribution < -0.4 is 5.32 Å². The smallest absolute Gasteiger partial charge is 0.0529 e. The molecule has 0 radical (unpaired) electrons. The van der Waals surface area contributed by atoms with Crippen molar-refractivity contribution in [2.75, 3.05) is 12.3 Å². The molecule has 0 aliphatic rings. The number of rotatable bonds is 8. The lowest BCUT2D eigenvalue weighted by Crippen LogP contribution is -2.26. The lowest BCUT2D eigenvalue weighted by molar-refractivity contribution is 0.509. The van der Waals surface area contributed by atoms with Gasteiger partial charge in [0.2, 0.25) is 0 Å². The molecule has 1 N–H and O–H groups in total. The molecule has 1 rings (SSSR count). The maximum absolute atomic E-state index is 11.9. The molecule has 0 amide bonds. The number of hydrogen-bond acceptors (Lipinski definition) is 2. The zero-order valence-corrected chi connectivity index (χ0v) is 11.6. The summed E-state index contributed by atoms with van der Waals surface area (Å²) in [4.78, 5) is 0.946. The summed E-state index contributed by atoms with van der Waals surface area (Å²) < 4.78 is 11.9. The predicted molar refractivity (Wildman–Crippen MR) is 74.7 cm³/mol. The summed E-state index contributed by atoms with van der Waals surface area (Å²) in [5, 5.41) is 3.45. The van der Waals surface area contributed by atoms with E-state index in [1.807, 2.05) is 30.3 Å². The van der Waals surface area contributed by atoms with Gasteiger partial charge in [-0.2, -0.15) is 0 Å². The fraction of sp³-hybridized carbons (Fsp3) is 0.571. The van der Waals surface area contributed by atoms with E-state index >= 15 is 0 Å². The molecule has 0 saturated carbocycles. The van der Waals surface area contributed by atoms with Gasteiger partial charge in [0.1, 0.15) is 0 Å². The predicted octanol–water partition coefficient (Wildman–Crippen LogP) is 2.96. The van der Waals surface area contributed by atoms with Crippen molar-refractivity contribution in [3.63, 3.8) is 0 Å². The summed E-state index contributed by atoms with van der Waals surface area (Å²) in [6, 6.07) is 10.3. The fourth-order valence-corrected chi connectivity index (χ4v) is 2.83. The Morgan fingerprint density at radius 3 is 2.65 bits per heavy atom. The van der Waals surface area contributed by atoms with Crippen LogP contribution in [0.4, 0.5) is 0 Å². The Hall–Kier alpha value is -0.670. The first-order chi connectivity index (χ1) is 8.24. The standard InChI is InChI=1S/C14H23NOS/c1-3-11-15-13(2)8-7-12-17(16)14-9-5-4-6-10-14/h4-6,9-10,13,15H,3,7-8,11-12H2,1-2H3. The Balaban J connectivity index is 2.21. The van der Waals surface area contributed by atoms with Crippen molar-refractivity contribution < 1.29 is 4.21 Å². The second-order valence-corrected chi connectivity index (χ2v) is 5.93. The topological polar surface area (TPSA) is 29.1 Å². The summed E-state index contributed by atoms with van der Waals surface area (Å²) in [7, 11) is -0.833. The SMILES string of the molecule is CCCNC(C)CCCS(=O)c1ccccc1. The lowest BCUT2D eigenvalue weighted by Gasteiger charge is -2.12. The first kappa shape index (κ1) is 14.4. The van der Waals surface area contributed by atoms with E-state index in [9.17, 15) is 4.21 Å². The molecular weight excluding hydrogens is 230 g/mol. The van der Waals surface area contributed by atoms with Crippen LogP contribution in [0.3, 0.4) is 0 Å². The molecule has 0 saturated heterocycles. The van der Waals surface area contributed by atoms with Crippen LogP contribution >= 0.6 is 0 Å².